The van der Waals surface area contributed by atoms with Crippen molar-refractivity contribution in [3.63, 3.8) is 0 Å². The van der Waals surface area contributed by atoms with Crippen LogP contribution in [0.25, 0.3) is 0 Å². The molecule has 3 N–H and O–H groups in total. The van der Waals surface area contributed by atoms with Gasteiger partial charge < -0.3 is 9.88 Å². The molecular weight excluding hydrogens is 422 g/mol. The van der Waals surface area contributed by atoms with Crippen LogP contribution in [-0.4, -0.2) is 35.6 Å². The summed E-state index contributed by atoms with van der Waals surface area (Å²) in [5, 5.41) is 9.61. The Balaban J connectivity index is 1.62. The number of sulfonamides is 1. The number of H-pyrrole nitrogens is 1. The Hall–Kier alpha value is -2.98. The number of hydrogen-bond acceptors (Lipinski definition) is 5. The van der Waals surface area contributed by atoms with Gasteiger partial charge in [0, 0.05) is 31.3 Å². The van der Waals surface area contributed by atoms with Crippen LogP contribution in [0.1, 0.15) is 27.3 Å². The van der Waals surface area contributed by atoms with Gasteiger partial charge in [-0.3, -0.25) is 14.6 Å². The third-order valence-electron chi connectivity index (χ3n) is 4.64. The Bertz CT molecular complexity index is 1230. The van der Waals surface area contributed by atoms with Crippen LogP contribution in [0.4, 0.5) is 5.69 Å². The molecule has 158 valence electrons. The first-order valence-electron chi connectivity index (χ1n) is 9.26. The number of nitrogens with zero attached hydrogens (tertiary/aromatic N) is 2. The van der Waals surface area contributed by atoms with Crippen molar-refractivity contribution in [2.75, 3.05) is 11.3 Å². The number of rotatable bonds is 7. The van der Waals surface area contributed by atoms with Gasteiger partial charge in [0.05, 0.1) is 4.90 Å². The summed E-state index contributed by atoms with van der Waals surface area (Å²) in [6.07, 6.45) is 0.531. The average molecular weight is 446 g/mol. The second kappa shape index (κ2) is 8.80. The molecule has 3 aromatic rings. The van der Waals surface area contributed by atoms with E-state index in [0.717, 1.165) is 11.4 Å². The van der Waals surface area contributed by atoms with Crippen molar-refractivity contribution < 1.29 is 13.2 Å². The third kappa shape index (κ3) is 4.95. The van der Waals surface area contributed by atoms with E-state index in [2.05, 4.69) is 20.2 Å². The van der Waals surface area contributed by atoms with Gasteiger partial charge in [-0.2, -0.15) is 5.10 Å². The topological polar surface area (TPSA) is 109 Å². The number of hydrogen-bond donors (Lipinski definition) is 3. The number of carbonyl (C=O) groups excluding carboxylic acids is 1. The van der Waals surface area contributed by atoms with Gasteiger partial charge in [-0.25, -0.2) is 8.42 Å². The van der Waals surface area contributed by atoms with E-state index in [4.69, 9.17) is 12.2 Å². The molecule has 10 heteroatoms. The van der Waals surface area contributed by atoms with Crippen LogP contribution >= 0.6 is 12.2 Å². The van der Waals surface area contributed by atoms with Crippen LogP contribution in [0.5, 0.6) is 0 Å². The predicted molar refractivity (Wildman–Crippen MR) is 118 cm³/mol. The monoisotopic (exact) mass is 445 g/mol. The zero-order valence-electron chi connectivity index (χ0n) is 16.9. The van der Waals surface area contributed by atoms with Crippen molar-refractivity contribution in [1.82, 2.24) is 20.1 Å². The minimum atomic E-state index is -3.72. The quantitative estimate of drug-likeness (QED) is 0.485. The number of carbonyl (C=O) groups is 1. The second-order valence-corrected chi connectivity index (χ2v) is 9.00. The van der Waals surface area contributed by atoms with Gasteiger partial charge in [0.2, 0.25) is 0 Å². The summed E-state index contributed by atoms with van der Waals surface area (Å²) in [6.45, 7) is 3.99. The minimum Gasteiger partial charge on any atom is -0.352 e. The van der Waals surface area contributed by atoms with E-state index in [0.29, 0.717) is 34.6 Å². The Labute approximate surface area is 180 Å². The van der Waals surface area contributed by atoms with E-state index in [1.165, 1.54) is 0 Å². The highest BCUT2D eigenvalue weighted by Gasteiger charge is 2.17. The van der Waals surface area contributed by atoms with E-state index in [9.17, 15) is 13.2 Å². The number of benzene rings is 2. The summed E-state index contributed by atoms with van der Waals surface area (Å²) in [7, 11) is -1.91. The van der Waals surface area contributed by atoms with Crippen LogP contribution < -0.4 is 10.0 Å². The zero-order valence-corrected chi connectivity index (χ0v) is 18.5. The number of anilines is 1. The van der Waals surface area contributed by atoms with Gasteiger partial charge in [0.1, 0.15) is 5.82 Å². The molecule has 1 heterocycles. The summed E-state index contributed by atoms with van der Waals surface area (Å²) in [5.41, 5.74) is 2.34. The number of aryl methyl sites for hydroxylation is 2. The summed E-state index contributed by atoms with van der Waals surface area (Å²) < 4.78 is 30.2. The highest BCUT2D eigenvalue weighted by molar-refractivity contribution is 7.92. The van der Waals surface area contributed by atoms with Crippen molar-refractivity contribution >= 4 is 33.8 Å². The largest absolute Gasteiger partial charge is 0.352 e. The van der Waals surface area contributed by atoms with Gasteiger partial charge in [0.15, 0.2) is 4.77 Å². The predicted octanol–water partition coefficient (Wildman–Crippen LogP) is 2.87. The molecule has 0 fully saturated rings. The molecule has 30 heavy (non-hydrogen) atoms. The van der Waals surface area contributed by atoms with E-state index in [-0.39, 0.29) is 10.8 Å². The lowest BCUT2D eigenvalue weighted by Crippen LogP contribution is -2.26. The molecule has 8 nitrogen and oxygen atoms in total. The van der Waals surface area contributed by atoms with Gasteiger partial charge in [-0.15, -0.1) is 0 Å². The summed E-state index contributed by atoms with van der Waals surface area (Å²) in [6, 6.07) is 11.6. The number of nitrogens with one attached hydrogen (secondary N) is 3. The fourth-order valence-corrected chi connectivity index (χ4v) is 4.43. The molecule has 0 aliphatic rings. The molecule has 1 amide bonds. The SMILES string of the molecule is Cc1ccc(C)c(S(=O)(=O)Nc2ccc(C(=O)NCCc3n[nH]c(=S)n3C)cc2)c1. The highest BCUT2D eigenvalue weighted by atomic mass is 32.2. The van der Waals surface area contributed by atoms with E-state index in [1.807, 2.05) is 13.0 Å². The van der Waals surface area contributed by atoms with Gasteiger partial charge >= 0.3 is 0 Å². The van der Waals surface area contributed by atoms with Crippen molar-refractivity contribution in [3.05, 3.63) is 69.8 Å². The van der Waals surface area contributed by atoms with E-state index >= 15 is 0 Å². The van der Waals surface area contributed by atoms with E-state index < -0.39 is 10.0 Å². The first-order valence-corrected chi connectivity index (χ1v) is 11.1. The molecule has 1 aromatic heterocycles. The molecule has 0 atom stereocenters. The highest BCUT2D eigenvalue weighted by Crippen LogP contribution is 2.21. The van der Waals surface area contributed by atoms with Gasteiger partial charge in [-0.05, 0) is 67.5 Å². The Morgan fingerprint density at radius 1 is 1.17 bits per heavy atom. The lowest BCUT2D eigenvalue weighted by Gasteiger charge is -2.12. The maximum absolute atomic E-state index is 12.7. The standard InChI is InChI=1S/C20H23N5O3S2/c1-13-4-5-14(2)17(12-13)30(27,28)24-16-8-6-15(7-9-16)19(26)21-11-10-18-22-23-20(29)25(18)3/h4-9,12,24H,10-11H2,1-3H3,(H,21,26)(H,23,29). The van der Waals surface area contributed by atoms with Gasteiger partial charge in [-0.1, -0.05) is 12.1 Å². The number of aromatic nitrogens is 3. The second-order valence-electron chi connectivity index (χ2n) is 6.96. The van der Waals surface area contributed by atoms with Gasteiger partial charge in [0.25, 0.3) is 15.9 Å². The van der Waals surface area contributed by atoms with Crippen LogP contribution in [-0.2, 0) is 23.5 Å². The lowest BCUT2D eigenvalue weighted by molar-refractivity contribution is 0.0954. The molecule has 0 saturated carbocycles. The minimum absolute atomic E-state index is 0.234. The molecule has 2 aromatic carbocycles. The van der Waals surface area contributed by atoms with Crippen LogP contribution in [0.3, 0.4) is 0 Å². The maximum Gasteiger partial charge on any atom is 0.262 e. The van der Waals surface area contributed by atoms with Crippen LogP contribution in [0, 0.1) is 18.6 Å². The van der Waals surface area contributed by atoms with Crippen molar-refractivity contribution in [3.8, 4) is 0 Å². The summed E-state index contributed by atoms with van der Waals surface area (Å²) in [5.74, 6) is 0.493. The van der Waals surface area contributed by atoms with Crippen molar-refractivity contribution in [2.24, 2.45) is 7.05 Å². The zero-order chi connectivity index (χ0) is 21.9. The number of aromatic amines is 1. The molecule has 0 aliphatic carbocycles. The Morgan fingerprint density at radius 2 is 1.87 bits per heavy atom. The summed E-state index contributed by atoms with van der Waals surface area (Å²) in [4.78, 5) is 12.6. The molecule has 0 unspecified atom stereocenters. The molecular formula is C20H23N5O3S2. The molecule has 3 rings (SSSR count). The first kappa shape index (κ1) is 21.7. The Kier molecular flexibility index (Phi) is 6.37. The third-order valence-corrected chi connectivity index (χ3v) is 6.53. The van der Waals surface area contributed by atoms with E-state index in [1.54, 1.807) is 54.9 Å². The molecule has 0 bridgehead atoms. The van der Waals surface area contributed by atoms with Crippen molar-refractivity contribution in [1.29, 1.82) is 0 Å². The molecule has 0 radical (unpaired) electrons. The fraction of sp³-hybridized carbons (Fsp3) is 0.250. The maximum atomic E-state index is 12.7. The summed E-state index contributed by atoms with van der Waals surface area (Å²) >= 11 is 5.06. The average Bonchev–Trinajstić information content (AvgIpc) is 3.02. The number of amides is 1. The van der Waals surface area contributed by atoms with Crippen LogP contribution in [0.15, 0.2) is 47.4 Å². The molecule has 0 saturated heterocycles. The normalized spacial score (nSPS) is 11.3. The van der Waals surface area contributed by atoms with Crippen LogP contribution in [0.2, 0.25) is 0 Å². The smallest absolute Gasteiger partial charge is 0.262 e. The molecule has 0 spiro atoms. The molecule has 0 aliphatic heterocycles. The lowest BCUT2D eigenvalue weighted by atomic mass is 10.2. The fourth-order valence-electron chi connectivity index (χ4n) is 2.89. The van der Waals surface area contributed by atoms with Crippen molar-refractivity contribution in [2.45, 2.75) is 25.2 Å². The Morgan fingerprint density at radius 3 is 2.50 bits per heavy atom. The first-order chi connectivity index (χ1) is 14.2.